The Morgan fingerprint density at radius 2 is 1.91 bits per heavy atom. The average Bonchev–Trinajstić information content (AvgIpc) is 2.57. The van der Waals surface area contributed by atoms with Gasteiger partial charge in [-0.25, -0.2) is 4.57 Å². The zero-order valence-electron chi connectivity index (χ0n) is 13.9. The Balaban J connectivity index is 2.38. The zero-order chi connectivity index (χ0) is 16.4. The van der Waals surface area contributed by atoms with E-state index >= 15 is 0 Å². The van der Waals surface area contributed by atoms with E-state index in [9.17, 15) is 0 Å². The van der Waals surface area contributed by atoms with Gasteiger partial charge >= 0.3 is 0 Å². The van der Waals surface area contributed by atoms with Crippen molar-refractivity contribution in [3.05, 3.63) is 72.1 Å². The highest BCUT2D eigenvalue weighted by atomic mass is 15.0. The summed E-state index contributed by atoms with van der Waals surface area (Å²) in [4.78, 5) is 4.52. The van der Waals surface area contributed by atoms with Gasteiger partial charge in [-0.2, -0.15) is 0 Å². The Bertz CT molecular complexity index is 921. The number of para-hydroxylation sites is 1. The van der Waals surface area contributed by atoms with Crippen LogP contribution in [0.25, 0.3) is 34.3 Å². The summed E-state index contributed by atoms with van der Waals surface area (Å²) in [5, 5.41) is 1.17. The first-order chi connectivity index (χ1) is 11.2. The number of hydrogen-bond donors (Lipinski definition) is 0. The molecule has 23 heavy (non-hydrogen) atoms. The second-order valence-electron chi connectivity index (χ2n) is 5.67. The fourth-order valence-electron chi connectivity index (χ4n) is 3.09. The Morgan fingerprint density at radius 1 is 1.13 bits per heavy atom. The lowest BCUT2D eigenvalue weighted by molar-refractivity contribution is -0.662. The van der Waals surface area contributed by atoms with Crippen LogP contribution in [0.1, 0.15) is 23.6 Å². The highest BCUT2D eigenvalue weighted by molar-refractivity contribution is 5.92. The molecule has 0 saturated carbocycles. The van der Waals surface area contributed by atoms with Crippen molar-refractivity contribution in [2.45, 2.75) is 13.8 Å². The van der Waals surface area contributed by atoms with Crippen molar-refractivity contribution in [2.24, 2.45) is 7.05 Å². The molecule has 0 aliphatic heterocycles. The Kier molecular flexibility index (Phi) is 4.07. The first-order valence-electron chi connectivity index (χ1n) is 7.80. The largest absolute Gasteiger partial charge is 0.287 e. The highest BCUT2D eigenvalue weighted by Crippen LogP contribution is 2.31. The van der Waals surface area contributed by atoms with Crippen LogP contribution in [0.5, 0.6) is 0 Å². The van der Waals surface area contributed by atoms with Crippen LogP contribution in [0, 0.1) is 6.92 Å². The fourth-order valence-corrected chi connectivity index (χ4v) is 3.09. The molecule has 0 radical (unpaired) electrons. The van der Waals surface area contributed by atoms with Crippen molar-refractivity contribution in [3.63, 3.8) is 0 Å². The van der Waals surface area contributed by atoms with Crippen molar-refractivity contribution in [3.8, 4) is 11.3 Å². The smallest absolute Gasteiger partial charge is 0.232 e. The summed E-state index contributed by atoms with van der Waals surface area (Å²) in [7, 11) is 2.05. The average molecular weight is 301 g/mol. The number of aryl methyl sites for hydroxylation is 1. The van der Waals surface area contributed by atoms with Crippen molar-refractivity contribution < 1.29 is 4.57 Å². The first kappa shape index (κ1) is 15.2. The minimum atomic E-state index is 1.01. The van der Waals surface area contributed by atoms with Gasteiger partial charge in [0.2, 0.25) is 0 Å². The standard InChI is InChI=1S/C21H21N2/c1-5-9-17-15(3)18(13-12-16(17)6-2)21-19-10-7-8-11-20(19)22-14-23(21)4/h5-14H,2H2,1,3-4H3/q+1/b9-5-. The highest BCUT2D eigenvalue weighted by Gasteiger charge is 2.17. The molecule has 0 amide bonds. The lowest BCUT2D eigenvalue weighted by Gasteiger charge is -2.13. The van der Waals surface area contributed by atoms with Crippen LogP contribution in [0.2, 0.25) is 0 Å². The van der Waals surface area contributed by atoms with Crippen LogP contribution < -0.4 is 4.57 Å². The molecule has 0 spiro atoms. The number of aromatic nitrogens is 2. The SMILES string of the molecule is C=Cc1ccc(-c2c3ccccc3nc[n+]2C)c(C)c1/C=C\C. The molecule has 1 heterocycles. The van der Waals surface area contributed by atoms with Crippen LogP contribution in [0.4, 0.5) is 0 Å². The molecule has 3 aromatic rings. The van der Waals surface area contributed by atoms with Gasteiger partial charge in [0.25, 0.3) is 6.33 Å². The molecule has 0 N–H and O–H groups in total. The Hall–Kier alpha value is -2.74. The van der Waals surface area contributed by atoms with Crippen LogP contribution in [0.15, 0.2) is 55.4 Å². The van der Waals surface area contributed by atoms with E-state index in [1.54, 1.807) is 0 Å². The van der Waals surface area contributed by atoms with E-state index in [2.05, 4.69) is 65.5 Å². The molecule has 0 unspecified atom stereocenters. The third kappa shape index (κ3) is 2.57. The summed E-state index contributed by atoms with van der Waals surface area (Å²) in [6.45, 7) is 8.15. The molecule has 0 bridgehead atoms. The van der Waals surface area contributed by atoms with Crippen molar-refractivity contribution >= 4 is 23.1 Å². The maximum absolute atomic E-state index is 4.52. The minimum Gasteiger partial charge on any atom is -0.232 e. The normalized spacial score (nSPS) is 11.3. The molecule has 1 aromatic heterocycles. The molecule has 2 nitrogen and oxygen atoms in total. The third-order valence-electron chi connectivity index (χ3n) is 4.24. The lowest BCUT2D eigenvalue weighted by Crippen LogP contribution is -2.31. The number of nitrogens with zero attached hydrogens (tertiary/aromatic N) is 2. The Labute approximate surface area is 137 Å². The number of hydrogen-bond acceptors (Lipinski definition) is 1. The maximum atomic E-state index is 4.52. The monoisotopic (exact) mass is 301 g/mol. The van der Waals surface area contributed by atoms with Gasteiger partial charge in [0.1, 0.15) is 5.69 Å². The molecular formula is C21H21N2+. The van der Waals surface area contributed by atoms with Gasteiger partial charge in [0, 0.05) is 5.56 Å². The molecule has 2 heteroatoms. The van der Waals surface area contributed by atoms with Crippen LogP contribution in [-0.4, -0.2) is 4.98 Å². The van der Waals surface area contributed by atoms with Crippen molar-refractivity contribution in [1.29, 1.82) is 0 Å². The van der Waals surface area contributed by atoms with E-state index in [-0.39, 0.29) is 0 Å². The number of allylic oxidation sites excluding steroid dienone is 1. The Morgan fingerprint density at radius 3 is 2.65 bits per heavy atom. The first-order valence-corrected chi connectivity index (χ1v) is 7.80. The van der Waals surface area contributed by atoms with Crippen molar-refractivity contribution in [2.75, 3.05) is 0 Å². The summed E-state index contributed by atoms with van der Waals surface area (Å²) in [5.41, 5.74) is 7.07. The molecule has 114 valence electrons. The van der Waals surface area contributed by atoms with Gasteiger partial charge in [0.15, 0.2) is 5.52 Å². The molecule has 0 fully saturated rings. The van der Waals surface area contributed by atoms with Crippen LogP contribution in [-0.2, 0) is 7.05 Å². The molecule has 0 atom stereocenters. The third-order valence-corrected chi connectivity index (χ3v) is 4.24. The van der Waals surface area contributed by atoms with Gasteiger partial charge in [-0.1, -0.05) is 43.0 Å². The second-order valence-corrected chi connectivity index (χ2v) is 5.67. The quantitative estimate of drug-likeness (QED) is 0.640. The number of benzene rings is 2. The summed E-state index contributed by atoms with van der Waals surface area (Å²) >= 11 is 0. The van der Waals surface area contributed by atoms with E-state index < -0.39 is 0 Å². The van der Waals surface area contributed by atoms with Crippen LogP contribution >= 0.6 is 0 Å². The molecule has 2 aromatic carbocycles. The topological polar surface area (TPSA) is 16.8 Å². The molecule has 0 aliphatic carbocycles. The molecule has 0 aliphatic rings. The summed E-state index contributed by atoms with van der Waals surface area (Å²) in [5.74, 6) is 0. The van der Waals surface area contributed by atoms with E-state index in [4.69, 9.17) is 0 Å². The fraction of sp³-hybridized carbons (Fsp3) is 0.143. The second kappa shape index (κ2) is 6.17. The van der Waals surface area contributed by atoms with Gasteiger partial charge in [-0.05, 0) is 53.7 Å². The number of rotatable bonds is 3. The molecule has 0 saturated heterocycles. The van der Waals surface area contributed by atoms with Crippen LogP contribution in [0.3, 0.4) is 0 Å². The summed E-state index contributed by atoms with van der Waals surface area (Å²) < 4.78 is 2.09. The van der Waals surface area contributed by atoms with Crippen molar-refractivity contribution in [1.82, 2.24) is 4.98 Å². The summed E-state index contributed by atoms with van der Waals surface area (Å²) in [6.07, 6.45) is 8.02. The van der Waals surface area contributed by atoms with E-state index in [1.807, 2.05) is 32.4 Å². The molecular weight excluding hydrogens is 280 g/mol. The predicted octanol–water partition coefficient (Wildman–Crippen LogP) is 4.71. The van der Waals surface area contributed by atoms with Gasteiger partial charge in [0.05, 0.1) is 12.4 Å². The van der Waals surface area contributed by atoms with Gasteiger partial charge in [-0.3, -0.25) is 0 Å². The minimum absolute atomic E-state index is 1.01. The lowest BCUT2D eigenvalue weighted by atomic mass is 9.93. The molecule has 3 rings (SSSR count). The van der Waals surface area contributed by atoms with E-state index in [0.29, 0.717) is 0 Å². The zero-order valence-corrected chi connectivity index (χ0v) is 13.9. The van der Waals surface area contributed by atoms with Gasteiger partial charge in [-0.15, -0.1) is 0 Å². The number of fused-ring (bicyclic) bond motifs is 1. The predicted molar refractivity (Wildman–Crippen MR) is 97.9 cm³/mol. The maximum Gasteiger partial charge on any atom is 0.287 e. The summed E-state index contributed by atoms with van der Waals surface area (Å²) in [6, 6.07) is 12.6. The van der Waals surface area contributed by atoms with E-state index in [1.165, 1.54) is 27.8 Å². The van der Waals surface area contributed by atoms with E-state index in [0.717, 1.165) is 11.1 Å². The van der Waals surface area contributed by atoms with Gasteiger partial charge < -0.3 is 0 Å².